The predicted molar refractivity (Wildman–Crippen MR) is 167 cm³/mol. The van der Waals surface area contributed by atoms with Crippen LogP contribution in [0.15, 0.2) is 37.2 Å². The van der Waals surface area contributed by atoms with E-state index in [9.17, 15) is 5.11 Å². The van der Waals surface area contributed by atoms with Crippen LogP contribution in [0.25, 0.3) is 22.1 Å². The lowest BCUT2D eigenvalue weighted by molar-refractivity contribution is -0.214. The van der Waals surface area contributed by atoms with Gasteiger partial charge in [0.05, 0.1) is 23.5 Å². The average Bonchev–Trinajstić information content (AvgIpc) is 3.79. The molecule has 0 unspecified atom stereocenters. The smallest absolute Gasteiger partial charge is 0.165 e. The third-order valence-corrected chi connectivity index (χ3v) is 9.90. The molecule has 0 amide bonds. The molecule has 46 heavy (non-hydrogen) atoms. The van der Waals surface area contributed by atoms with Crippen LogP contribution in [0.3, 0.4) is 0 Å². The van der Waals surface area contributed by atoms with Crippen molar-refractivity contribution < 1.29 is 33.5 Å². The molecular weight excluding hydrogens is 639 g/mol. The van der Waals surface area contributed by atoms with Gasteiger partial charge in [-0.2, -0.15) is 0 Å². The van der Waals surface area contributed by atoms with E-state index in [2.05, 4.69) is 33.8 Å². The van der Waals surface area contributed by atoms with Crippen molar-refractivity contribution in [3.8, 4) is 0 Å². The van der Waals surface area contributed by atoms with Crippen LogP contribution in [-0.2, 0) is 28.4 Å². The Bertz CT molecular complexity index is 1650. The minimum absolute atomic E-state index is 0.0472. The van der Waals surface area contributed by atoms with Gasteiger partial charge in [-0.15, -0.1) is 0 Å². The number of aromatic nitrogens is 6. The van der Waals surface area contributed by atoms with Crippen molar-refractivity contribution in [2.45, 2.75) is 115 Å². The highest BCUT2D eigenvalue weighted by Crippen LogP contribution is 2.52. The molecule has 4 aromatic rings. The number of hydrogen-bond acceptors (Lipinski definition) is 11. The quantitative estimate of drug-likeness (QED) is 0.286. The van der Waals surface area contributed by atoms with Gasteiger partial charge in [0.15, 0.2) is 24.0 Å². The predicted octanol–water partition coefficient (Wildman–Crippen LogP) is 5.19. The van der Waals surface area contributed by atoms with Gasteiger partial charge in [-0.25, -0.2) is 19.9 Å². The first-order valence-corrected chi connectivity index (χ1v) is 16.1. The normalized spacial score (nSPS) is 35.8. The monoisotopic (exact) mass is 676 g/mol. The lowest BCUT2D eigenvalue weighted by Crippen LogP contribution is -2.45. The third-order valence-electron chi connectivity index (χ3n) is 9.29. The topological polar surface area (TPSA) is 137 Å². The Balaban J connectivity index is 0.000000147. The molecule has 8 atom stereocenters. The zero-order valence-corrected chi connectivity index (χ0v) is 28.2. The second-order valence-electron chi connectivity index (χ2n) is 13.3. The zero-order valence-electron chi connectivity index (χ0n) is 26.7. The first-order chi connectivity index (χ1) is 21.7. The van der Waals surface area contributed by atoms with Crippen LogP contribution < -0.4 is 0 Å². The van der Waals surface area contributed by atoms with Gasteiger partial charge in [-0.3, -0.25) is 0 Å². The summed E-state index contributed by atoms with van der Waals surface area (Å²) in [6.45, 7) is 13.5. The van der Waals surface area contributed by atoms with Gasteiger partial charge >= 0.3 is 0 Å². The van der Waals surface area contributed by atoms with Gasteiger partial charge in [-0.05, 0) is 60.1 Å². The fourth-order valence-corrected chi connectivity index (χ4v) is 7.82. The number of halogens is 2. The fourth-order valence-electron chi connectivity index (χ4n) is 7.44. The summed E-state index contributed by atoms with van der Waals surface area (Å²) in [5.41, 5.74) is 0.166. The van der Waals surface area contributed by atoms with E-state index in [0.717, 1.165) is 22.8 Å². The van der Waals surface area contributed by atoms with Crippen molar-refractivity contribution in [3.05, 3.63) is 47.5 Å². The van der Waals surface area contributed by atoms with Crippen molar-refractivity contribution in [1.82, 2.24) is 29.1 Å². The first kappa shape index (κ1) is 32.1. The second-order valence-corrected chi connectivity index (χ2v) is 14.0. The fraction of sp³-hybridized carbons (Fsp3) is 0.613. The lowest BCUT2D eigenvalue weighted by atomic mass is 9.93. The number of aliphatic hydroxyl groups excluding tert-OH is 1. The number of fused-ring (bicyclic) bond motifs is 4. The number of aliphatic hydroxyl groups is 1. The molecule has 15 heteroatoms. The Labute approximate surface area is 276 Å². The van der Waals surface area contributed by atoms with Crippen molar-refractivity contribution >= 4 is 45.3 Å². The van der Waals surface area contributed by atoms with E-state index in [1.165, 1.54) is 12.7 Å². The van der Waals surface area contributed by atoms with Crippen molar-refractivity contribution in [2.24, 2.45) is 0 Å². The highest BCUT2D eigenvalue weighted by Gasteiger charge is 2.65. The highest BCUT2D eigenvalue weighted by atomic mass is 35.5. The molecule has 0 aromatic carbocycles. The van der Waals surface area contributed by atoms with Gasteiger partial charge < -0.3 is 42.7 Å². The molecule has 8 heterocycles. The molecule has 13 nitrogen and oxygen atoms in total. The summed E-state index contributed by atoms with van der Waals surface area (Å²) in [6, 6.07) is 3.74. The first-order valence-electron chi connectivity index (χ1n) is 15.3. The lowest BCUT2D eigenvalue weighted by Gasteiger charge is -2.28. The van der Waals surface area contributed by atoms with E-state index in [1.807, 2.05) is 68.3 Å². The maximum absolute atomic E-state index is 9.70. The van der Waals surface area contributed by atoms with Gasteiger partial charge in [0.25, 0.3) is 0 Å². The van der Waals surface area contributed by atoms with Crippen LogP contribution in [0.2, 0.25) is 10.3 Å². The van der Waals surface area contributed by atoms with Gasteiger partial charge in [-0.1, -0.05) is 30.1 Å². The van der Waals surface area contributed by atoms with E-state index >= 15 is 0 Å². The molecule has 8 rings (SSSR count). The molecule has 4 aliphatic rings. The summed E-state index contributed by atoms with van der Waals surface area (Å²) in [4.78, 5) is 16.7. The number of nitrogens with zero attached hydrogens (tertiary/aromatic N) is 6. The molecule has 0 saturated carbocycles. The van der Waals surface area contributed by atoms with E-state index < -0.39 is 35.1 Å². The Morgan fingerprint density at radius 1 is 0.717 bits per heavy atom. The van der Waals surface area contributed by atoms with E-state index in [-0.39, 0.29) is 31.1 Å². The Kier molecular flexibility index (Phi) is 7.71. The summed E-state index contributed by atoms with van der Waals surface area (Å²) in [5, 5.41) is 12.1. The van der Waals surface area contributed by atoms with E-state index in [1.54, 1.807) is 0 Å². The Morgan fingerprint density at radius 2 is 1.15 bits per heavy atom. The summed E-state index contributed by atoms with van der Waals surface area (Å²) in [6.07, 6.45) is 5.56. The molecular formula is C31H38Cl2N6O7. The summed E-state index contributed by atoms with van der Waals surface area (Å²) < 4.78 is 40.6. The molecule has 0 bridgehead atoms. The van der Waals surface area contributed by atoms with Crippen molar-refractivity contribution in [3.63, 3.8) is 0 Å². The second kappa shape index (κ2) is 11.0. The van der Waals surface area contributed by atoms with Crippen LogP contribution in [0.1, 0.15) is 67.3 Å². The maximum atomic E-state index is 9.70. The minimum Gasteiger partial charge on any atom is -0.394 e. The summed E-state index contributed by atoms with van der Waals surface area (Å²) in [5.74, 6) is -1.38. The number of ether oxygens (including phenoxy) is 6. The molecule has 4 fully saturated rings. The molecule has 0 spiro atoms. The molecule has 4 saturated heterocycles. The minimum atomic E-state index is -0.746. The molecule has 248 valence electrons. The van der Waals surface area contributed by atoms with Crippen LogP contribution in [0, 0.1) is 0 Å². The van der Waals surface area contributed by atoms with Crippen molar-refractivity contribution in [1.29, 1.82) is 0 Å². The van der Waals surface area contributed by atoms with Crippen LogP contribution in [0.5, 0.6) is 0 Å². The van der Waals surface area contributed by atoms with Crippen LogP contribution >= 0.6 is 23.2 Å². The van der Waals surface area contributed by atoms with Crippen molar-refractivity contribution in [2.75, 3.05) is 6.61 Å². The van der Waals surface area contributed by atoms with Gasteiger partial charge in [0.1, 0.15) is 63.8 Å². The largest absolute Gasteiger partial charge is 0.394 e. The molecule has 0 radical (unpaired) electrons. The maximum Gasteiger partial charge on any atom is 0.165 e. The molecule has 4 aromatic heterocycles. The van der Waals surface area contributed by atoms with E-state index in [0.29, 0.717) is 16.0 Å². The molecule has 4 aliphatic heterocycles. The van der Waals surface area contributed by atoms with Gasteiger partial charge in [0, 0.05) is 12.4 Å². The molecule has 0 aliphatic carbocycles. The van der Waals surface area contributed by atoms with E-state index in [4.69, 9.17) is 51.6 Å². The third kappa shape index (κ3) is 4.94. The highest BCUT2D eigenvalue weighted by molar-refractivity contribution is 6.34. The number of hydrogen-bond donors (Lipinski definition) is 1. The van der Waals surface area contributed by atoms with Gasteiger partial charge in [0.2, 0.25) is 0 Å². The van der Waals surface area contributed by atoms with Crippen LogP contribution in [-0.4, -0.2) is 88.0 Å². The summed E-state index contributed by atoms with van der Waals surface area (Å²) in [7, 11) is 0. The standard InChI is InChI=1S/C16H20ClN3O3.C15H18ClN3O4/c1-5-10-16(4)11(22-15(2,3)23-16)14(21-10)20-7-6-9-12(17)18-8-19-13(9)20;1-14(2)22-10-13(21-9(6-20)15(10,3)23-14)19-5-4-8-11(16)17-7-18-12(8)19/h6-8,10-11,14H,5H2,1-4H3;4-5,7,9-10,13,20H,6H2,1-3H3/t10-,11+,14-,16-;9-,10+,13-,15-/m11/s1. The molecule has 1 N–H and O–H groups in total. The Morgan fingerprint density at radius 3 is 1.59 bits per heavy atom. The Hall–Kier alpha value is -2.46. The average molecular weight is 678 g/mol. The SMILES string of the molecule is CC1(C)O[C@H]2[C@H](n3ccc4c(Cl)ncnc43)O[C@H](CO)[C@@]2(C)O1.CC[C@H]1O[C@@H](n2ccc3c(Cl)ncnc32)[C@@H]2OC(C)(C)O[C@]12C. The number of rotatable bonds is 4. The van der Waals surface area contributed by atoms with Crippen LogP contribution in [0.4, 0.5) is 0 Å². The summed E-state index contributed by atoms with van der Waals surface area (Å²) >= 11 is 12.3. The zero-order chi connectivity index (χ0) is 32.8.